The number of phenols is 1. The molecule has 2 aromatic carbocycles. The highest BCUT2D eigenvalue weighted by atomic mass is 31.1. The van der Waals surface area contributed by atoms with Crippen LogP contribution in [-0.4, -0.2) is 12.2 Å². The highest BCUT2D eigenvalue weighted by molar-refractivity contribution is 7.55. The average Bonchev–Trinajstić information content (AvgIpc) is 2.45. The van der Waals surface area contributed by atoms with E-state index in [0.29, 0.717) is 14.3 Å². The van der Waals surface area contributed by atoms with E-state index in [-0.39, 0.29) is 5.41 Å². The van der Waals surface area contributed by atoms with E-state index in [0.717, 1.165) is 17.4 Å². The number of rotatable bonds is 4. The Morgan fingerprint density at radius 1 is 1.09 bits per heavy atom. The number of hydrogen-bond donors (Lipinski definition) is 2. The Balaban J connectivity index is 2.43. The molecule has 22 heavy (non-hydrogen) atoms. The number of aromatic hydroxyl groups is 1. The maximum atomic E-state index is 10.5. The fraction of sp³-hybridized carbons (Fsp3) is 0.368. The molecule has 0 fully saturated rings. The number of nitrogens with one attached hydrogen (secondary N) is 1. The van der Waals surface area contributed by atoms with E-state index < -0.39 is 0 Å². The summed E-state index contributed by atoms with van der Waals surface area (Å²) < 4.78 is 0. The van der Waals surface area contributed by atoms with Gasteiger partial charge in [0.25, 0.3) is 0 Å². The van der Waals surface area contributed by atoms with Gasteiger partial charge in [-0.2, -0.15) is 0 Å². The fourth-order valence-corrected chi connectivity index (χ4v) is 3.79. The van der Waals surface area contributed by atoms with Crippen LogP contribution < -0.4 is 15.9 Å². The largest absolute Gasteiger partial charge is 0.507 e. The van der Waals surface area contributed by atoms with Gasteiger partial charge in [0.1, 0.15) is 5.75 Å². The van der Waals surface area contributed by atoms with Gasteiger partial charge in [-0.15, -0.1) is 0 Å². The summed E-state index contributed by atoms with van der Waals surface area (Å²) >= 11 is 0. The molecule has 0 spiro atoms. The predicted octanol–water partition coefficient (Wildman–Crippen LogP) is 3.35. The summed E-state index contributed by atoms with van der Waals surface area (Å²) in [6.07, 6.45) is 0. The first-order valence-electron chi connectivity index (χ1n) is 7.66. The molecule has 0 aromatic heterocycles. The van der Waals surface area contributed by atoms with Crippen LogP contribution in [0.25, 0.3) is 0 Å². The van der Waals surface area contributed by atoms with Gasteiger partial charge in [-0.25, -0.2) is 0 Å². The zero-order valence-corrected chi connectivity index (χ0v) is 15.1. The summed E-state index contributed by atoms with van der Waals surface area (Å²) in [6, 6.07) is 12.7. The summed E-state index contributed by atoms with van der Waals surface area (Å²) in [5.74, 6) is 0.436. The number of hydrogen-bond acceptors (Lipinski definition) is 2. The minimum absolute atomic E-state index is 0.0855. The van der Waals surface area contributed by atoms with Crippen molar-refractivity contribution in [2.75, 3.05) is 7.05 Å². The van der Waals surface area contributed by atoms with E-state index >= 15 is 0 Å². The molecule has 0 aliphatic carbocycles. The second kappa shape index (κ2) is 6.81. The topological polar surface area (TPSA) is 32.3 Å². The molecule has 2 nitrogen and oxygen atoms in total. The second-order valence-corrected chi connectivity index (χ2v) is 8.08. The van der Waals surface area contributed by atoms with E-state index in [1.165, 1.54) is 16.4 Å². The third kappa shape index (κ3) is 3.88. The number of benzene rings is 2. The summed E-state index contributed by atoms with van der Waals surface area (Å²) in [5.41, 5.74) is 3.61. The first-order chi connectivity index (χ1) is 10.3. The van der Waals surface area contributed by atoms with Crippen molar-refractivity contribution in [3.8, 4) is 5.75 Å². The molecule has 1 unspecified atom stereocenters. The minimum Gasteiger partial charge on any atom is -0.507 e. The summed E-state index contributed by atoms with van der Waals surface area (Å²) in [6.45, 7) is 9.46. The molecule has 2 aromatic rings. The monoisotopic (exact) mass is 315 g/mol. The zero-order chi connectivity index (χ0) is 16.3. The summed E-state index contributed by atoms with van der Waals surface area (Å²) in [4.78, 5) is 0. The van der Waals surface area contributed by atoms with Gasteiger partial charge in [0.2, 0.25) is 0 Å². The summed E-state index contributed by atoms with van der Waals surface area (Å²) in [5, 5.41) is 16.0. The highest BCUT2D eigenvalue weighted by Crippen LogP contribution is 2.30. The maximum absolute atomic E-state index is 10.5. The van der Waals surface area contributed by atoms with Crippen LogP contribution in [0.5, 0.6) is 5.75 Å². The molecule has 0 amide bonds. The molecule has 0 heterocycles. The molecule has 0 radical (unpaired) electrons. The molecule has 2 rings (SSSR count). The molecular formula is C19H26NOP. The van der Waals surface area contributed by atoms with Crippen molar-refractivity contribution < 1.29 is 5.11 Å². The lowest BCUT2D eigenvalue weighted by atomic mass is 9.86. The Bertz CT molecular complexity index is 659. The van der Waals surface area contributed by atoms with Gasteiger partial charge in [0.05, 0.1) is 0 Å². The van der Waals surface area contributed by atoms with Gasteiger partial charge < -0.3 is 10.4 Å². The SMILES string of the molecule is CNCc1ccccc1Pc1cc(C(C)(C)C)cc(C)c1O. The van der Waals surface area contributed by atoms with E-state index in [4.69, 9.17) is 0 Å². The Kier molecular flexibility index (Phi) is 5.26. The number of phenolic OH excluding ortho intramolecular Hbond substituents is 1. The van der Waals surface area contributed by atoms with Crippen LogP contribution >= 0.6 is 8.58 Å². The van der Waals surface area contributed by atoms with Crippen molar-refractivity contribution >= 4 is 19.2 Å². The Hall–Kier alpha value is -1.37. The molecule has 3 heteroatoms. The Labute approximate surface area is 135 Å². The van der Waals surface area contributed by atoms with Gasteiger partial charge in [-0.05, 0) is 47.4 Å². The maximum Gasteiger partial charge on any atom is 0.126 e. The molecule has 0 aliphatic heterocycles. The van der Waals surface area contributed by atoms with Crippen molar-refractivity contribution in [1.29, 1.82) is 0 Å². The van der Waals surface area contributed by atoms with Crippen molar-refractivity contribution in [2.24, 2.45) is 0 Å². The smallest absolute Gasteiger partial charge is 0.126 e. The molecular weight excluding hydrogens is 289 g/mol. The lowest BCUT2D eigenvalue weighted by molar-refractivity contribution is 0.474. The van der Waals surface area contributed by atoms with Crippen LogP contribution in [0.3, 0.4) is 0 Å². The van der Waals surface area contributed by atoms with E-state index in [1.807, 2.05) is 14.0 Å². The average molecular weight is 315 g/mol. The Morgan fingerprint density at radius 3 is 2.41 bits per heavy atom. The van der Waals surface area contributed by atoms with Gasteiger partial charge in [0, 0.05) is 11.8 Å². The predicted molar refractivity (Wildman–Crippen MR) is 98.3 cm³/mol. The fourth-order valence-electron chi connectivity index (χ4n) is 2.44. The molecule has 0 bridgehead atoms. The van der Waals surface area contributed by atoms with Gasteiger partial charge >= 0.3 is 0 Å². The Morgan fingerprint density at radius 2 is 1.77 bits per heavy atom. The molecule has 1 atom stereocenters. The van der Waals surface area contributed by atoms with Crippen molar-refractivity contribution in [2.45, 2.75) is 39.7 Å². The molecule has 0 saturated carbocycles. The van der Waals surface area contributed by atoms with Crippen LogP contribution in [0.1, 0.15) is 37.5 Å². The van der Waals surface area contributed by atoms with Gasteiger partial charge in [0.15, 0.2) is 0 Å². The van der Waals surface area contributed by atoms with Crippen molar-refractivity contribution in [3.63, 3.8) is 0 Å². The number of aryl methyl sites for hydroxylation is 1. The lowest BCUT2D eigenvalue weighted by Gasteiger charge is -2.22. The molecule has 2 N–H and O–H groups in total. The molecule has 0 saturated heterocycles. The third-order valence-electron chi connectivity index (χ3n) is 3.82. The van der Waals surface area contributed by atoms with Crippen molar-refractivity contribution in [1.82, 2.24) is 5.32 Å². The van der Waals surface area contributed by atoms with Crippen LogP contribution in [0.4, 0.5) is 0 Å². The van der Waals surface area contributed by atoms with Crippen LogP contribution in [0.2, 0.25) is 0 Å². The van der Waals surface area contributed by atoms with Crippen LogP contribution in [0.15, 0.2) is 36.4 Å². The zero-order valence-electron chi connectivity index (χ0n) is 14.1. The van der Waals surface area contributed by atoms with Gasteiger partial charge in [-0.1, -0.05) is 59.7 Å². The van der Waals surface area contributed by atoms with Crippen LogP contribution in [0, 0.1) is 6.92 Å². The van der Waals surface area contributed by atoms with E-state index in [2.05, 4.69) is 62.5 Å². The second-order valence-electron chi connectivity index (χ2n) is 6.75. The summed E-state index contributed by atoms with van der Waals surface area (Å²) in [7, 11) is 2.43. The van der Waals surface area contributed by atoms with E-state index in [1.54, 1.807) is 0 Å². The van der Waals surface area contributed by atoms with E-state index in [9.17, 15) is 5.11 Å². The lowest BCUT2D eigenvalue weighted by Crippen LogP contribution is -2.18. The highest BCUT2D eigenvalue weighted by Gasteiger charge is 2.18. The molecule has 0 aliphatic rings. The third-order valence-corrected chi connectivity index (χ3v) is 5.23. The minimum atomic E-state index is 0.0855. The first-order valence-corrected chi connectivity index (χ1v) is 8.66. The quantitative estimate of drug-likeness (QED) is 0.848. The standard InChI is InChI=1S/C19H26NOP/c1-13-10-15(19(2,3)4)11-17(18(13)21)22-16-9-7-6-8-14(16)12-20-5/h6-11,20-22H,12H2,1-5H3. The normalized spacial score (nSPS) is 12.2. The van der Waals surface area contributed by atoms with Crippen molar-refractivity contribution in [3.05, 3.63) is 53.1 Å². The first kappa shape index (κ1) is 17.0. The van der Waals surface area contributed by atoms with Crippen LogP contribution in [-0.2, 0) is 12.0 Å². The van der Waals surface area contributed by atoms with Gasteiger partial charge in [-0.3, -0.25) is 0 Å². The molecule has 118 valence electrons.